The predicted octanol–water partition coefficient (Wildman–Crippen LogP) is 1.59. The quantitative estimate of drug-likeness (QED) is 0.662. The molecule has 0 aromatic rings. The van der Waals surface area contributed by atoms with Crippen LogP contribution in [0.2, 0.25) is 0 Å². The topological polar surface area (TPSA) is 38.7 Å². The second-order valence-corrected chi connectivity index (χ2v) is 3.50. The van der Waals surface area contributed by atoms with Gasteiger partial charge in [0.1, 0.15) is 0 Å². The van der Waals surface area contributed by atoms with E-state index in [0.29, 0.717) is 13.0 Å². The number of hydrogen-bond donors (Lipinski definition) is 1. The highest BCUT2D eigenvalue weighted by Gasteiger charge is 2.10. The van der Waals surface area contributed by atoms with Crippen molar-refractivity contribution in [2.75, 3.05) is 13.2 Å². The SMILES string of the molecule is CCOCC(C)OC(C)CC(C)O. The van der Waals surface area contributed by atoms with Crippen LogP contribution in [0.25, 0.3) is 0 Å². The number of rotatable bonds is 7. The first-order valence-corrected chi connectivity index (χ1v) is 4.97. The third kappa shape index (κ3) is 8.22. The molecule has 13 heavy (non-hydrogen) atoms. The standard InChI is InChI=1S/C10H22O3/c1-5-12-7-10(4)13-9(3)6-8(2)11/h8-11H,5-7H2,1-4H3. The Morgan fingerprint density at radius 2 is 1.77 bits per heavy atom. The van der Waals surface area contributed by atoms with E-state index in [1.54, 1.807) is 6.92 Å². The molecule has 3 atom stereocenters. The Kier molecular flexibility index (Phi) is 7.23. The molecule has 0 aliphatic carbocycles. The molecule has 1 N–H and O–H groups in total. The Labute approximate surface area is 81.0 Å². The fraction of sp³-hybridized carbons (Fsp3) is 1.00. The molecular formula is C10H22O3. The summed E-state index contributed by atoms with van der Waals surface area (Å²) in [7, 11) is 0. The van der Waals surface area contributed by atoms with Gasteiger partial charge in [-0.3, -0.25) is 0 Å². The fourth-order valence-corrected chi connectivity index (χ4v) is 1.26. The van der Waals surface area contributed by atoms with Crippen LogP contribution < -0.4 is 0 Å². The average molecular weight is 190 g/mol. The van der Waals surface area contributed by atoms with Gasteiger partial charge in [0.15, 0.2) is 0 Å². The molecule has 0 spiro atoms. The van der Waals surface area contributed by atoms with E-state index in [4.69, 9.17) is 14.6 Å². The largest absolute Gasteiger partial charge is 0.393 e. The molecule has 0 rings (SSSR count). The highest BCUT2D eigenvalue weighted by Crippen LogP contribution is 2.05. The first-order chi connectivity index (χ1) is 6.06. The summed E-state index contributed by atoms with van der Waals surface area (Å²) >= 11 is 0. The first kappa shape index (κ1) is 12.9. The zero-order valence-electron chi connectivity index (χ0n) is 9.12. The maximum atomic E-state index is 9.10. The lowest BCUT2D eigenvalue weighted by atomic mass is 10.2. The molecule has 3 unspecified atom stereocenters. The summed E-state index contributed by atoms with van der Waals surface area (Å²) in [5.74, 6) is 0. The van der Waals surface area contributed by atoms with Crippen molar-refractivity contribution in [2.45, 2.75) is 52.4 Å². The lowest BCUT2D eigenvalue weighted by molar-refractivity contribution is -0.0526. The Hall–Kier alpha value is -0.120. The van der Waals surface area contributed by atoms with Gasteiger partial charge >= 0.3 is 0 Å². The van der Waals surface area contributed by atoms with Crippen molar-refractivity contribution in [3.05, 3.63) is 0 Å². The van der Waals surface area contributed by atoms with Crippen molar-refractivity contribution in [1.29, 1.82) is 0 Å². The van der Waals surface area contributed by atoms with Crippen LogP contribution in [-0.2, 0) is 9.47 Å². The van der Waals surface area contributed by atoms with Gasteiger partial charge in [0, 0.05) is 6.61 Å². The zero-order chi connectivity index (χ0) is 10.3. The van der Waals surface area contributed by atoms with E-state index in [9.17, 15) is 0 Å². The third-order valence-electron chi connectivity index (χ3n) is 1.69. The number of ether oxygens (including phenoxy) is 2. The molecule has 80 valence electrons. The van der Waals surface area contributed by atoms with E-state index in [0.717, 1.165) is 6.61 Å². The normalized spacial score (nSPS) is 18.2. The minimum Gasteiger partial charge on any atom is -0.393 e. The minimum absolute atomic E-state index is 0.0930. The van der Waals surface area contributed by atoms with Crippen molar-refractivity contribution in [3.8, 4) is 0 Å². The predicted molar refractivity (Wildman–Crippen MR) is 52.8 cm³/mol. The van der Waals surface area contributed by atoms with E-state index in [-0.39, 0.29) is 18.3 Å². The molecule has 0 saturated carbocycles. The van der Waals surface area contributed by atoms with Crippen molar-refractivity contribution in [3.63, 3.8) is 0 Å². The van der Waals surface area contributed by atoms with Crippen LogP contribution in [0.3, 0.4) is 0 Å². The molecule has 0 aliphatic heterocycles. The average Bonchev–Trinajstić information content (AvgIpc) is 1.98. The summed E-state index contributed by atoms with van der Waals surface area (Å²) < 4.78 is 10.8. The fourth-order valence-electron chi connectivity index (χ4n) is 1.26. The van der Waals surface area contributed by atoms with E-state index in [1.807, 2.05) is 20.8 Å². The smallest absolute Gasteiger partial charge is 0.0784 e. The van der Waals surface area contributed by atoms with Gasteiger partial charge in [-0.05, 0) is 34.1 Å². The molecule has 3 heteroatoms. The third-order valence-corrected chi connectivity index (χ3v) is 1.69. The van der Waals surface area contributed by atoms with Gasteiger partial charge in [-0.2, -0.15) is 0 Å². The van der Waals surface area contributed by atoms with Gasteiger partial charge in [0.25, 0.3) is 0 Å². The molecule has 0 aromatic carbocycles. The van der Waals surface area contributed by atoms with Crippen LogP contribution in [0.1, 0.15) is 34.1 Å². The first-order valence-electron chi connectivity index (χ1n) is 4.97. The second-order valence-electron chi connectivity index (χ2n) is 3.50. The second kappa shape index (κ2) is 7.30. The summed E-state index contributed by atoms with van der Waals surface area (Å²) in [6, 6.07) is 0. The van der Waals surface area contributed by atoms with Crippen molar-refractivity contribution >= 4 is 0 Å². The summed E-state index contributed by atoms with van der Waals surface area (Å²) in [5, 5.41) is 9.10. The molecule has 0 aromatic heterocycles. The van der Waals surface area contributed by atoms with E-state index < -0.39 is 0 Å². The van der Waals surface area contributed by atoms with Crippen molar-refractivity contribution < 1.29 is 14.6 Å². The van der Waals surface area contributed by atoms with Crippen LogP contribution in [-0.4, -0.2) is 36.6 Å². The van der Waals surface area contributed by atoms with Gasteiger partial charge in [-0.1, -0.05) is 0 Å². The molecule has 0 bridgehead atoms. The van der Waals surface area contributed by atoms with E-state index in [2.05, 4.69) is 0 Å². The molecule has 0 fully saturated rings. The Morgan fingerprint density at radius 3 is 2.23 bits per heavy atom. The Bertz CT molecular complexity index is 115. The molecule has 3 nitrogen and oxygen atoms in total. The Balaban J connectivity index is 3.46. The van der Waals surface area contributed by atoms with Crippen LogP contribution in [0.15, 0.2) is 0 Å². The highest BCUT2D eigenvalue weighted by molar-refractivity contribution is 4.58. The van der Waals surface area contributed by atoms with Crippen LogP contribution in [0.4, 0.5) is 0 Å². The van der Waals surface area contributed by atoms with Gasteiger partial charge in [0.05, 0.1) is 24.9 Å². The number of hydrogen-bond acceptors (Lipinski definition) is 3. The Morgan fingerprint density at radius 1 is 1.15 bits per heavy atom. The number of aliphatic hydroxyl groups excluding tert-OH is 1. The summed E-state index contributed by atoms with van der Waals surface area (Å²) in [5.41, 5.74) is 0. The molecule has 0 amide bonds. The molecular weight excluding hydrogens is 168 g/mol. The van der Waals surface area contributed by atoms with Gasteiger partial charge < -0.3 is 14.6 Å². The molecule has 0 saturated heterocycles. The summed E-state index contributed by atoms with van der Waals surface area (Å²) in [6.45, 7) is 9.03. The summed E-state index contributed by atoms with van der Waals surface area (Å²) in [4.78, 5) is 0. The molecule has 0 heterocycles. The van der Waals surface area contributed by atoms with Gasteiger partial charge in [-0.15, -0.1) is 0 Å². The maximum absolute atomic E-state index is 9.10. The monoisotopic (exact) mass is 190 g/mol. The van der Waals surface area contributed by atoms with Gasteiger partial charge in [0.2, 0.25) is 0 Å². The minimum atomic E-state index is -0.297. The van der Waals surface area contributed by atoms with Crippen LogP contribution in [0, 0.1) is 0 Å². The van der Waals surface area contributed by atoms with Crippen molar-refractivity contribution in [2.24, 2.45) is 0 Å². The van der Waals surface area contributed by atoms with Crippen molar-refractivity contribution in [1.82, 2.24) is 0 Å². The lowest BCUT2D eigenvalue weighted by Gasteiger charge is -2.19. The van der Waals surface area contributed by atoms with Crippen LogP contribution >= 0.6 is 0 Å². The highest BCUT2D eigenvalue weighted by atomic mass is 16.5. The van der Waals surface area contributed by atoms with Gasteiger partial charge in [-0.25, -0.2) is 0 Å². The maximum Gasteiger partial charge on any atom is 0.0784 e. The lowest BCUT2D eigenvalue weighted by Crippen LogP contribution is -2.24. The number of aliphatic hydroxyl groups is 1. The molecule has 0 radical (unpaired) electrons. The van der Waals surface area contributed by atoms with Crippen LogP contribution in [0.5, 0.6) is 0 Å². The zero-order valence-corrected chi connectivity index (χ0v) is 9.12. The summed E-state index contributed by atoms with van der Waals surface area (Å²) in [6.07, 6.45) is 0.578. The van der Waals surface area contributed by atoms with E-state index in [1.165, 1.54) is 0 Å². The van der Waals surface area contributed by atoms with E-state index >= 15 is 0 Å². The molecule has 0 aliphatic rings.